The van der Waals surface area contributed by atoms with E-state index in [1.54, 1.807) is 12.5 Å². The van der Waals surface area contributed by atoms with Gasteiger partial charge in [-0.1, -0.05) is 13.8 Å². The second-order valence-corrected chi connectivity index (χ2v) is 4.80. The highest BCUT2D eigenvalue weighted by Gasteiger charge is 2.08. The van der Waals surface area contributed by atoms with E-state index in [4.69, 9.17) is 4.42 Å². The number of nitrogens with one attached hydrogen (secondary N) is 1. The minimum atomic E-state index is 0.768. The van der Waals surface area contributed by atoms with Crippen molar-refractivity contribution in [3.63, 3.8) is 0 Å². The normalized spacial score (nSPS) is 10.6. The summed E-state index contributed by atoms with van der Waals surface area (Å²) in [4.78, 5) is 11.2. The zero-order valence-electron chi connectivity index (χ0n) is 12.4. The Labute approximate surface area is 120 Å². The first kappa shape index (κ1) is 14.4. The number of aromatic nitrogens is 2. The zero-order chi connectivity index (χ0) is 14.4. The van der Waals surface area contributed by atoms with Crippen molar-refractivity contribution in [1.29, 1.82) is 0 Å². The van der Waals surface area contributed by atoms with Gasteiger partial charge in [-0.3, -0.25) is 0 Å². The molecule has 0 aromatic carbocycles. The SMILES string of the molecule is CCCNc1cc(N(C)Cc2ccoc2)nc(CC)n1. The van der Waals surface area contributed by atoms with Gasteiger partial charge < -0.3 is 14.6 Å². The summed E-state index contributed by atoms with van der Waals surface area (Å²) < 4.78 is 5.10. The number of aryl methyl sites for hydroxylation is 1. The van der Waals surface area contributed by atoms with E-state index in [0.29, 0.717) is 0 Å². The van der Waals surface area contributed by atoms with Gasteiger partial charge in [0, 0.05) is 38.2 Å². The van der Waals surface area contributed by atoms with Crippen LogP contribution in [0.15, 0.2) is 29.1 Å². The van der Waals surface area contributed by atoms with Gasteiger partial charge in [-0.2, -0.15) is 0 Å². The van der Waals surface area contributed by atoms with E-state index in [9.17, 15) is 0 Å². The van der Waals surface area contributed by atoms with Gasteiger partial charge in [0.1, 0.15) is 17.5 Å². The van der Waals surface area contributed by atoms with Crippen molar-refractivity contribution >= 4 is 11.6 Å². The third kappa shape index (κ3) is 3.73. The van der Waals surface area contributed by atoms with Crippen LogP contribution in [0.2, 0.25) is 0 Å². The van der Waals surface area contributed by atoms with Crippen LogP contribution in [0.4, 0.5) is 11.6 Å². The van der Waals surface area contributed by atoms with E-state index in [1.165, 1.54) is 0 Å². The molecule has 0 amide bonds. The third-order valence-corrected chi connectivity index (χ3v) is 3.02. The summed E-state index contributed by atoms with van der Waals surface area (Å²) in [6, 6.07) is 3.96. The van der Waals surface area contributed by atoms with Crippen LogP contribution in [0, 0.1) is 0 Å². The van der Waals surface area contributed by atoms with Gasteiger partial charge in [-0.25, -0.2) is 9.97 Å². The number of anilines is 2. The fraction of sp³-hybridized carbons (Fsp3) is 0.467. The monoisotopic (exact) mass is 274 g/mol. The standard InChI is InChI=1S/C15H22N4O/c1-4-7-16-14-9-15(18-13(5-2)17-14)19(3)10-12-6-8-20-11-12/h6,8-9,11H,4-5,7,10H2,1-3H3,(H,16,17,18). The lowest BCUT2D eigenvalue weighted by molar-refractivity contribution is 0.563. The van der Waals surface area contributed by atoms with Gasteiger partial charge in [-0.15, -0.1) is 0 Å². The van der Waals surface area contributed by atoms with Crippen molar-refractivity contribution < 1.29 is 4.42 Å². The van der Waals surface area contributed by atoms with Crippen LogP contribution < -0.4 is 10.2 Å². The lowest BCUT2D eigenvalue weighted by Gasteiger charge is -2.19. The average Bonchev–Trinajstić information content (AvgIpc) is 2.97. The second-order valence-electron chi connectivity index (χ2n) is 4.80. The van der Waals surface area contributed by atoms with Crippen LogP contribution in [0.1, 0.15) is 31.7 Å². The molecular formula is C15H22N4O. The van der Waals surface area contributed by atoms with E-state index < -0.39 is 0 Å². The van der Waals surface area contributed by atoms with Gasteiger partial charge in [-0.05, 0) is 12.5 Å². The van der Waals surface area contributed by atoms with Crippen LogP contribution in [-0.2, 0) is 13.0 Å². The summed E-state index contributed by atoms with van der Waals surface area (Å²) in [5.74, 6) is 2.68. The predicted octanol–water partition coefficient (Wildman–Crippen LogP) is 3.09. The highest BCUT2D eigenvalue weighted by Crippen LogP contribution is 2.17. The van der Waals surface area contributed by atoms with Crippen LogP contribution in [0.3, 0.4) is 0 Å². The van der Waals surface area contributed by atoms with Crippen molar-refractivity contribution in [3.05, 3.63) is 36.0 Å². The number of nitrogens with zero attached hydrogens (tertiary/aromatic N) is 3. The van der Waals surface area contributed by atoms with Gasteiger partial charge >= 0.3 is 0 Å². The molecule has 0 saturated carbocycles. The van der Waals surface area contributed by atoms with E-state index in [0.717, 1.165) is 49.0 Å². The molecular weight excluding hydrogens is 252 g/mol. The smallest absolute Gasteiger partial charge is 0.134 e. The molecule has 2 heterocycles. The molecule has 0 radical (unpaired) electrons. The fourth-order valence-electron chi connectivity index (χ4n) is 1.92. The first-order chi connectivity index (χ1) is 9.72. The molecule has 0 unspecified atom stereocenters. The maximum absolute atomic E-state index is 5.10. The minimum Gasteiger partial charge on any atom is -0.472 e. The molecule has 2 rings (SSSR count). The Hall–Kier alpha value is -2.04. The lowest BCUT2D eigenvalue weighted by atomic mass is 10.3. The maximum Gasteiger partial charge on any atom is 0.134 e. The molecule has 2 aromatic heterocycles. The highest BCUT2D eigenvalue weighted by atomic mass is 16.3. The van der Waals surface area contributed by atoms with Crippen LogP contribution in [0.5, 0.6) is 0 Å². The van der Waals surface area contributed by atoms with Crippen molar-refractivity contribution in [2.24, 2.45) is 0 Å². The van der Waals surface area contributed by atoms with E-state index in [2.05, 4.69) is 34.0 Å². The molecule has 5 nitrogen and oxygen atoms in total. The topological polar surface area (TPSA) is 54.2 Å². The van der Waals surface area contributed by atoms with E-state index in [1.807, 2.05) is 19.2 Å². The fourth-order valence-corrected chi connectivity index (χ4v) is 1.92. The molecule has 0 aliphatic heterocycles. The molecule has 0 aliphatic carbocycles. The van der Waals surface area contributed by atoms with Crippen molar-refractivity contribution in [1.82, 2.24) is 9.97 Å². The largest absolute Gasteiger partial charge is 0.472 e. The summed E-state index contributed by atoms with van der Waals surface area (Å²) >= 11 is 0. The van der Waals surface area contributed by atoms with Gasteiger partial charge in [0.15, 0.2) is 0 Å². The molecule has 0 fully saturated rings. The summed E-state index contributed by atoms with van der Waals surface area (Å²) in [5, 5.41) is 3.33. The number of rotatable bonds is 7. The molecule has 2 aromatic rings. The zero-order valence-corrected chi connectivity index (χ0v) is 12.4. The molecule has 5 heteroatoms. The summed E-state index contributed by atoms with van der Waals surface area (Å²) in [6.07, 6.45) is 5.35. The first-order valence-corrected chi connectivity index (χ1v) is 7.07. The molecule has 0 spiro atoms. The minimum absolute atomic E-state index is 0.768. The van der Waals surface area contributed by atoms with Crippen molar-refractivity contribution in [2.45, 2.75) is 33.2 Å². The van der Waals surface area contributed by atoms with Crippen LogP contribution >= 0.6 is 0 Å². The molecule has 0 bridgehead atoms. The van der Waals surface area contributed by atoms with Crippen molar-refractivity contribution in [2.75, 3.05) is 23.8 Å². The number of hydrogen-bond donors (Lipinski definition) is 1. The Morgan fingerprint density at radius 3 is 2.80 bits per heavy atom. The van der Waals surface area contributed by atoms with Crippen LogP contribution in [0.25, 0.3) is 0 Å². The molecule has 1 N–H and O–H groups in total. The summed E-state index contributed by atoms with van der Waals surface area (Å²) in [6.45, 7) is 5.90. The van der Waals surface area contributed by atoms with Crippen LogP contribution in [-0.4, -0.2) is 23.6 Å². The molecule has 108 valence electrons. The average molecular weight is 274 g/mol. The highest BCUT2D eigenvalue weighted by molar-refractivity contribution is 5.49. The second kappa shape index (κ2) is 6.93. The molecule has 0 atom stereocenters. The lowest BCUT2D eigenvalue weighted by Crippen LogP contribution is -2.19. The summed E-state index contributed by atoms with van der Waals surface area (Å²) in [5.41, 5.74) is 1.13. The van der Waals surface area contributed by atoms with Gasteiger partial charge in [0.05, 0.1) is 12.5 Å². The molecule has 0 saturated heterocycles. The predicted molar refractivity (Wildman–Crippen MR) is 81.0 cm³/mol. The Morgan fingerprint density at radius 1 is 1.30 bits per heavy atom. The molecule has 20 heavy (non-hydrogen) atoms. The Morgan fingerprint density at radius 2 is 2.15 bits per heavy atom. The summed E-state index contributed by atoms with van der Waals surface area (Å²) in [7, 11) is 2.03. The Kier molecular flexibility index (Phi) is 4.98. The number of hydrogen-bond acceptors (Lipinski definition) is 5. The van der Waals surface area contributed by atoms with Gasteiger partial charge in [0.2, 0.25) is 0 Å². The van der Waals surface area contributed by atoms with E-state index in [-0.39, 0.29) is 0 Å². The maximum atomic E-state index is 5.10. The van der Waals surface area contributed by atoms with E-state index >= 15 is 0 Å². The number of furan rings is 1. The molecule has 0 aliphatic rings. The van der Waals surface area contributed by atoms with Crippen molar-refractivity contribution in [3.8, 4) is 0 Å². The Bertz CT molecular complexity index is 525. The first-order valence-electron chi connectivity index (χ1n) is 7.07. The quantitative estimate of drug-likeness (QED) is 0.841. The Balaban J connectivity index is 2.16. The third-order valence-electron chi connectivity index (χ3n) is 3.02. The van der Waals surface area contributed by atoms with Gasteiger partial charge in [0.25, 0.3) is 0 Å².